The number of hydrogen-bond donors (Lipinski definition) is 0. The molecule has 0 N–H and O–H groups in total. The fraction of sp³-hybridized carbons (Fsp3) is 0.417. The number of rotatable bonds is 9. The summed E-state index contributed by atoms with van der Waals surface area (Å²) in [7, 11) is 1.74. The molecule has 2 rings (SSSR count). The van der Waals surface area contributed by atoms with Gasteiger partial charge in [-0.3, -0.25) is 14.8 Å². The Labute approximate surface area is 237 Å². The van der Waals surface area contributed by atoms with Crippen molar-refractivity contribution in [2.24, 2.45) is 21.8 Å². The second kappa shape index (κ2) is 15.3. The number of carbonyl (C=O) groups excluding carboxylic acids is 1. The predicted octanol–water partition coefficient (Wildman–Crippen LogP) is 9.60. The molecule has 1 saturated carbocycles. The van der Waals surface area contributed by atoms with E-state index in [1.165, 1.54) is 31.3 Å². The fourth-order valence-corrected chi connectivity index (χ4v) is 5.28. The number of hydrogen-bond acceptors (Lipinski definition) is 3. The molecule has 1 heterocycles. The van der Waals surface area contributed by atoms with E-state index < -0.39 is 0 Å². The van der Waals surface area contributed by atoms with E-state index in [1.807, 2.05) is 26.0 Å². The van der Waals surface area contributed by atoms with Crippen molar-refractivity contribution in [3.05, 3.63) is 107 Å². The molecule has 0 aromatic carbocycles. The minimum absolute atomic E-state index is 0.104. The van der Waals surface area contributed by atoms with E-state index in [0.717, 1.165) is 34.4 Å². The third-order valence-corrected chi connectivity index (χ3v) is 7.78. The van der Waals surface area contributed by atoms with Crippen LogP contribution in [0.25, 0.3) is 0 Å². The molecular weight excluding hydrogens is 476 g/mol. The molecule has 0 radical (unpaired) electrons. The van der Waals surface area contributed by atoms with Crippen LogP contribution in [-0.2, 0) is 4.79 Å². The molecule has 0 aromatic rings. The Morgan fingerprint density at radius 2 is 1.87 bits per heavy atom. The first kappa shape index (κ1) is 31.9. The van der Waals surface area contributed by atoms with Crippen LogP contribution in [0.4, 0.5) is 0 Å². The molecule has 0 saturated heterocycles. The van der Waals surface area contributed by atoms with Gasteiger partial charge in [0.1, 0.15) is 0 Å². The maximum absolute atomic E-state index is 13.0. The molecule has 2 atom stereocenters. The zero-order chi connectivity index (χ0) is 29.1. The van der Waals surface area contributed by atoms with Crippen LogP contribution in [0.2, 0.25) is 0 Å². The average molecular weight is 525 g/mol. The zero-order valence-corrected chi connectivity index (χ0v) is 25.4. The van der Waals surface area contributed by atoms with Crippen LogP contribution in [0.1, 0.15) is 80.1 Å². The highest BCUT2D eigenvalue weighted by Gasteiger charge is 2.21. The molecule has 208 valence electrons. The van der Waals surface area contributed by atoms with E-state index in [1.54, 1.807) is 18.7 Å². The zero-order valence-electron chi connectivity index (χ0n) is 25.4. The van der Waals surface area contributed by atoms with Crippen molar-refractivity contribution < 1.29 is 4.79 Å². The second-order valence-electron chi connectivity index (χ2n) is 10.8. The van der Waals surface area contributed by atoms with Crippen LogP contribution in [0, 0.1) is 11.8 Å². The van der Waals surface area contributed by atoms with Gasteiger partial charge in [0.25, 0.3) is 0 Å². The summed E-state index contributed by atoms with van der Waals surface area (Å²) in [6.07, 6.45) is 20.8. The van der Waals surface area contributed by atoms with Crippen LogP contribution in [-0.4, -0.2) is 24.3 Å². The van der Waals surface area contributed by atoms with Gasteiger partial charge in [0, 0.05) is 25.3 Å². The molecule has 1 fully saturated rings. The van der Waals surface area contributed by atoms with Gasteiger partial charge in [0.15, 0.2) is 5.78 Å². The summed E-state index contributed by atoms with van der Waals surface area (Å²) in [5, 5.41) is 0. The maximum Gasteiger partial charge on any atom is 0.183 e. The van der Waals surface area contributed by atoms with E-state index in [0.29, 0.717) is 29.3 Å². The second-order valence-corrected chi connectivity index (χ2v) is 10.8. The van der Waals surface area contributed by atoms with Crippen LogP contribution < -0.4 is 0 Å². The van der Waals surface area contributed by atoms with E-state index in [4.69, 9.17) is 4.99 Å². The van der Waals surface area contributed by atoms with Crippen molar-refractivity contribution in [3.8, 4) is 0 Å². The Balaban J connectivity index is 2.50. The first-order valence-corrected chi connectivity index (χ1v) is 14.2. The lowest BCUT2D eigenvalue weighted by Gasteiger charge is -2.17. The Kier molecular flexibility index (Phi) is 12.5. The molecule has 3 nitrogen and oxygen atoms in total. The van der Waals surface area contributed by atoms with Gasteiger partial charge in [-0.15, -0.1) is 0 Å². The van der Waals surface area contributed by atoms with Crippen molar-refractivity contribution in [3.63, 3.8) is 0 Å². The molecular formula is C36H48N2O. The van der Waals surface area contributed by atoms with Crippen LogP contribution in [0.5, 0.6) is 0 Å². The monoisotopic (exact) mass is 524 g/mol. The number of aliphatic imine (C=N–C) groups is 2. The van der Waals surface area contributed by atoms with Gasteiger partial charge >= 0.3 is 0 Å². The smallest absolute Gasteiger partial charge is 0.183 e. The van der Waals surface area contributed by atoms with Gasteiger partial charge in [-0.25, -0.2) is 0 Å². The molecule has 0 bridgehead atoms. The molecule has 2 unspecified atom stereocenters. The Hall–Kier alpha value is -3.33. The molecule has 0 spiro atoms. The average Bonchev–Trinajstić information content (AvgIpc) is 3.24. The topological polar surface area (TPSA) is 41.8 Å². The fourth-order valence-electron chi connectivity index (χ4n) is 5.28. The minimum Gasteiger partial charge on any atom is -0.290 e. The van der Waals surface area contributed by atoms with Crippen molar-refractivity contribution in [1.82, 2.24) is 0 Å². The summed E-state index contributed by atoms with van der Waals surface area (Å²) < 4.78 is 0. The van der Waals surface area contributed by atoms with Gasteiger partial charge < -0.3 is 0 Å². The SMILES string of the molecule is C=C/C(C)=C\C(C)/C(=C\C(=N/C)C1=CC(=O)C(=C)CC(/C(C)=C\C(=C/C)C2CCC/C(=C/C)CC2)=N1)C(=C)C. The number of carbonyl (C=O) groups is 1. The summed E-state index contributed by atoms with van der Waals surface area (Å²) in [6, 6.07) is 0. The molecule has 1 aliphatic carbocycles. The summed E-state index contributed by atoms with van der Waals surface area (Å²) in [5.74, 6) is 0.544. The Bertz CT molecular complexity index is 1240. The highest BCUT2D eigenvalue weighted by molar-refractivity contribution is 6.20. The molecule has 2 aliphatic rings. The lowest BCUT2D eigenvalue weighted by atomic mass is 9.89. The van der Waals surface area contributed by atoms with E-state index in [9.17, 15) is 4.79 Å². The number of ketones is 1. The van der Waals surface area contributed by atoms with Crippen molar-refractivity contribution >= 4 is 17.2 Å². The van der Waals surface area contributed by atoms with Crippen molar-refractivity contribution in [2.75, 3.05) is 7.05 Å². The summed E-state index contributed by atoms with van der Waals surface area (Å²) in [5.41, 5.74) is 9.71. The largest absolute Gasteiger partial charge is 0.290 e. The maximum atomic E-state index is 13.0. The van der Waals surface area contributed by atoms with Gasteiger partial charge in [-0.2, -0.15) is 0 Å². The summed E-state index contributed by atoms with van der Waals surface area (Å²) in [4.78, 5) is 22.6. The van der Waals surface area contributed by atoms with Gasteiger partial charge in [0.05, 0.1) is 11.4 Å². The molecule has 3 heteroatoms. The lowest BCUT2D eigenvalue weighted by Crippen LogP contribution is -2.08. The van der Waals surface area contributed by atoms with Crippen LogP contribution in [0.3, 0.4) is 0 Å². The third-order valence-electron chi connectivity index (χ3n) is 7.78. The van der Waals surface area contributed by atoms with Gasteiger partial charge in [-0.1, -0.05) is 73.8 Å². The van der Waals surface area contributed by atoms with Crippen LogP contribution in [0.15, 0.2) is 117 Å². The summed E-state index contributed by atoms with van der Waals surface area (Å²) in [6.45, 7) is 24.7. The van der Waals surface area contributed by atoms with E-state index in [-0.39, 0.29) is 11.7 Å². The quantitative estimate of drug-likeness (QED) is 0.0973. The number of allylic oxidation sites excluding steroid dienone is 14. The highest BCUT2D eigenvalue weighted by atomic mass is 16.1. The Morgan fingerprint density at radius 1 is 1.15 bits per heavy atom. The third kappa shape index (κ3) is 9.13. The van der Waals surface area contributed by atoms with E-state index >= 15 is 0 Å². The van der Waals surface area contributed by atoms with Crippen molar-refractivity contribution in [1.29, 1.82) is 0 Å². The summed E-state index contributed by atoms with van der Waals surface area (Å²) >= 11 is 0. The van der Waals surface area contributed by atoms with Gasteiger partial charge in [-0.05, 0) is 107 Å². The predicted molar refractivity (Wildman–Crippen MR) is 172 cm³/mol. The number of nitrogens with zero attached hydrogens (tertiary/aromatic N) is 2. The molecule has 0 amide bonds. The van der Waals surface area contributed by atoms with Crippen molar-refractivity contribution in [2.45, 2.75) is 80.1 Å². The lowest BCUT2D eigenvalue weighted by molar-refractivity contribution is -0.111. The van der Waals surface area contributed by atoms with E-state index in [2.05, 4.69) is 76.7 Å². The first-order chi connectivity index (χ1) is 18.5. The molecule has 1 aliphatic heterocycles. The standard InChI is InChI=1S/C36H48N2O/c1-11-25(6)19-26(7)32(24(4)5)22-34(37-10)35-23-36(39)28(9)21-33(38-35)27(8)20-30(13-3)31-16-14-15-29(12-2)17-18-31/h11-13,19-20,22-23,26,31H,1,4,9,14-18,21H2,2-3,5-8,10H3/b25-19-,27-20-,29-12-,30-13+,32-22-,37-34+. The van der Waals surface area contributed by atoms with Gasteiger partial charge in [0.2, 0.25) is 0 Å². The first-order valence-electron chi connectivity index (χ1n) is 14.2. The molecule has 39 heavy (non-hydrogen) atoms. The normalized spacial score (nSPS) is 22.7. The van der Waals surface area contributed by atoms with Crippen LogP contribution >= 0.6 is 0 Å². The minimum atomic E-state index is -0.104. The highest BCUT2D eigenvalue weighted by Crippen LogP contribution is 2.33. The molecule has 0 aromatic heterocycles. The Morgan fingerprint density at radius 3 is 2.46 bits per heavy atom.